The smallest absolute Gasteiger partial charge is 0.0726 e. The summed E-state index contributed by atoms with van der Waals surface area (Å²) in [4.78, 5) is 2.70. The molecule has 3 nitrogen and oxygen atoms in total. The second kappa shape index (κ2) is 7.46. The third kappa shape index (κ3) is 3.69. The maximum absolute atomic E-state index is 5.73. The molecule has 1 N–H and O–H groups in total. The molecule has 1 heterocycles. The first-order chi connectivity index (χ1) is 8.85. The quantitative estimate of drug-likeness (QED) is 0.788. The summed E-state index contributed by atoms with van der Waals surface area (Å²) in [6.45, 7) is 5.95. The van der Waals surface area contributed by atoms with Crippen molar-refractivity contribution in [3.63, 3.8) is 0 Å². The number of hydrogen-bond acceptors (Lipinski definition) is 3. The molecule has 1 saturated carbocycles. The van der Waals surface area contributed by atoms with E-state index in [1.165, 1.54) is 64.6 Å². The van der Waals surface area contributed by atoms with Crippen molar-refractivity contribution in [2.75, 3.05) is 26.7 Å². The fourth-order valence-corrected chi connectivity index (χ4v) is 3.65. The third-order valence-electron chi connectivity index (χ3n) is 4.57. The van der Waals surface area contributed by atoms with Crippen molar-refractivity contribution in [1.82, 2.24) is 10.2 Å². The summed E-state index contributed by atoms with van der Waals surface area (Å²) in [5.41, 5.74) is 0. The van der Waals surface area contributed by atoms with Crippen LogP contribution in [0.15, 0.2) is 0 Å². The van der Waals surface area contributed by atoms with Crippen LogP contribution in [0.25, 0.3) is 0 Å². The summed E-state index contributed by atoms with van der Waals surface area (Å²) in [6.07, 6.45) is 9.71. The highest BCUT2D eigenvalue weighted by molar-refractivity contribution is 4.87. The van der Waals surface area contributed by atoms with E-state index < -0.39 is 0 Å². The SMILES string of the molecule is CCCN(CC1CCCN1)C1CCCCC1OC. The molecule has 2 fully saturated rings. The van der Waals surface area contributed by atoms with Gasteiger partial charge in [-0.15, -0.1) is 0 Å². The van der Waals surface area contributed by atoms with E-state index in [1.54, 1.807) is 0 Å². The molecule has 0 aromatic rings. The molecule has 1 aliphatic carbocycles. The van der Waals surface area contributed by atoms with E-state index in [0.29, 0.717) is 12.1 Å². The highest BCUT2D eigenvalue weighted by atomic mass is 16.5. The van der Waals surface area contributed by atoms with Crippen LogP contribution in [0.4, 0.5) is 0 Å². The predicted molar refractivity (Wildman–Crippen MR) is 75.9 cm³/mol. The first-order valence-corrected chi connectivity index (χ1v) is 7.85. The number of nitrogens with zero attached hydrogens (tertiary/aromatic N) is 1. The van der Waals surface area contributed by atoms with Crippen molar-refractivity contribution in [1.29, 1.82) is 0 Å². The van der Waals surface area contributed by atoms with Crippen LogP contribution in [0.5, 0.6) is 0 Å². The second-order valence-corrected chi connectivity index (χ2v) is 5.91. The maximum Gasteiger partial charge on any atom is 0.0726 e. The molecule has 0 spiro atoms. The molecule has 3 unspecified atom stereocenters. The lowest BCUT2D eigenvalue weighted by molar-refractivity contribution is -0.0135. The summed E-state index contributed by atoms with van der Waals surface area (Å²) in [6, 6.07) is 1.38. The summed E-state index contributed by atoms with van der Waals surface area (Å²) in [5, 5.41) is 3.63. The minimum atomic E-state index is 0.465. The second-order valence-electron chi connectivity index (χ2n) is 5.91. The Balaban J connectivity index is 1.93. The van der Waals surface area contributed by atoms with Crippen LogP contribution in [0, 0.1) is 0 Å². The predicted octanol–water partition coefficient (Wildman–Crippen LogP) is 2.41. The van der Waals surface area contributed by atoms with Gasteiger partial charge in [0.05, 0.1) is 6.10 Å². The Kier molecular flexibility index (Phi) is 5.93. The Bertz CT molecular complexity index is 229. The molecule has 3 atom stereocenters. The Morgan fingerprint density at radius 2 is 2.00 bits per heavy atom. The molecule has 2 aliphatic rings. The van der Waals surface area contributed by atoms with E-state index in [-0.39, 0.29) is 0 Å². The molecule has 3 heteroatoms. The Hall–Kier alpha value is -0.120. The molecule has 18 heavy (non-hydrogen) atoms. The zero-order chi connectivity index (χ0) is 12.8. The summed E-state index contributed by atoms with van der Waals surface area (Å²) < 4.78 is 5.73. The molecule has 0 radical (unpaired) electrons. The zero-order valence-electron chi connectivity index (χ0n) is 12.2. The minimum Gasteiger partial charge on any atom is -0.380 e. The van der Waals surface area contributed by atoms with Gasteiger partial charge in [-0.25, -0.2) is 0 Å². The number of nitrogens with one attached hydrogen (secondary N) is 1. The van der Waals surface area contributed by atoms with Crippen molar-refractivity contribution in [3.05, 3.63) is 0 Å². The maximum atomic E-state index is 5.73. The largest absolute Gasteiger partial charge is 0.380 e. The van der Waals surface area contributed by atoms with Crippen LogP contribution in [-0.2, 0) is 4.74 Å². The summed E-state index contributed by atoms with van der Waals surface area (Å²) in [5.74, 6) is 0. The lowest BCUT2D eigenvalue weighted by Gasteiger charge is -2.40. The van der Waals surface area contributed by atoms with Gasteiger partial charge >= 0.3 is 0 Å². The molecular formula is C15H30N2O. The molecule has 0 amide bonds. The van der Waals surface area contributed by atoms with Gasteiger partial charge in [-0.05, 0) is 45.2 Å². The van der Waals surface area contributed by atoms with Crippen LogP contribution >= 0.6 is 0 Å². The molecular weight excluding hydrogens is 224 g/mol. The third-order valence-corrected chi connectivity index (χ3v) is 4.57. The Morgan fingerprint density at radius 3 is 2.67 bits per heavy atom. The lowest BCUT2D eigenvalue weighted by atomic mass is 9.90. The van der Waals surface area contributed by atoms with Crippen molar-refractivity contribution < 1.29 is 4.74 Å². The monoisotopic (exact) mass is 254 g/mol. The van der Waals surface area contributed by atoms with Crippen molar-refractivity contribution in [3.8, 4) is 0 Å². The van der Waals surface area contributed by atoms with Crippen molar-refractivity contribution >= 4 is 0 Å². The van der Waals surface area contributed by atoms with Gasteiger partial charge < -0.3 is 10.1 Å². The number of rotatable bonds is 6. The Morgan fingerprint density at radius 1 is 1.17 bits per heavy atom. The van der Waals surface area contributed by atoms with Gasteiger partial charge in [-0.2, -0.15) is 0 Å². The average molecular weight is 254 g/mol. The van der Waals surface area contributed by atoms with Crippen LogP contribution in [0.1, 0.15) is 51.9 Å². The van der Waals surface area contributed by atoms with Crippen LogP contribution in [-0.4, -0.2) is 49.8 Å². The highest BCUT2D eigenvalue weighted by Gasteiger charge is 2.31. The number of ether oxygens (including phenoxy) is 1. The fourth-order valence-electron chi connectivity index (χ4n) is 3.65. The minimum absolute atomic E-state index is 0.465. The van der Waals surface area contributed by atoms with Gasteiger partial charge in [0.15, 0.2) is 0 Å². The van der Waals surface area contributed by atoms with E-state index in [1.807, 2.05) is 7.11 Å². The van der Waals surface area contributed by atoms with E-state index in [2.05, 4.69) is 17.1 Å². The fraction of sp³-hybridized carbons (Fsp3) is 1.00. The van der Waals surface area contributed by atoms with E-state index in [9.17, 15) is 0 Å². The first-order valence-electron chi connectivity index (χ1n) is 7.85. The first kappa shape index (κ1) is 14.3. The van der Waals surface area contributed by atoms with Crippen LogP contribution < -0.4 is 5.32 Å². The molecule has 1 aliphatic heterocycles. The van der Waals surface area contributed by atoms with Gasteiger partial charge in [0.2, 0.25) is 0 Å². The molecule has 106 valence electrons. The van der Waals surface area contributed by atoms with Gasteiger partial charge in [0, 0.05) is 25.7 Å². The van der Waals surface area contributed by atoms with Gasteiger partial charge in [0.25, 0.3) is 0 Å². The normalized spacial score (nSPS) is 33.2. The topological polar surface area (TPSA) is 24.5 Å². The number of methoxy groups -OCH3 is 1. The van der Waals surface area contributed by atoms with Gasteiger partial charge in [-0.1, -0.05) is 19.8 Å². The highest BCUT2D eigenvalue weighted by Crippen LogP contribution is 2.26. The zero-order valence-corrected chi connectivity index (χ0v) is 12.2. The van der Waals surface area contributed by atoms with Crippen molar-refractivity contribution in [2.24, 2.45) is 0 Å². The summed E-state index contributed by atoms with van der Waals surface area (Å²) >= 11 is 0. The van der Waals surface area contributed by atoms with E-state index in [0.717, 1.165) is 6.04 Å². The standard InChI is InChI=1S/C15H30N2O/c1-3-11-17(12-13-7-6-10-16-13)14-8-4-5-9-15(14)18-2/h13-16H,3-12H2,1-2H3. The molecule has 0 bridgehead atoms. The van der Waals surface area contributed by atoms with E-state index in [4.69, 9.17) is 4.74 Å². The molecule has 0 aromatic carbocycles. The average Bonchev–Trinajstić information content (AvgIpc) is 2.91. The number of hydrogen-bond donors (Lipinski definition) is 1. The van der Waals surface area contributed by atoms with Crippen molar-refractivity contribution in [2.45, 2.75) is 70.1 Å². The molecule has 2 rings (SSSR count). The van der Waals surface area contributed by atoms with E-state index >= 15 is 0 Å². The van der Waals surface area contributed by atoms with Crippen LogP contribution in [0.3, 0.4) is 0 Å². The Labute approximate surface area is 112 Å². The van der Waals surface area contributed by atoms with Crippen LogP contribution in [0.2, 0.25) is 0 Å². The van der Waals surface area contributed by atoms with Gasteiger partial charge in [-0.3, -0.25) is 4.90 Å². The molecule has 1 saturated heterocycles. The molecule has 0 aromatic heterocycles. The lowest BCUT2D eigenvalue weighted by Crippen LogP contribution is -2.50. The summed E-state index contributed by atoms with van der Waals surface area (Å²) in [7, 11) is 1.89. The van der Waals surface area contributed by atoms with Gasteiger partial charge in [0.1, 0.15) is 0 Å².